The van der Waals surface area contributed by atoms with Crippen LogP contribution in [-0.4, -0.2) is 47.3 Å². The van der Waals surface area contributed by atoms with E-state index in [1.165, 1.54) is 28.0 Å². The summed E-state index contributed by atoms with van der Waals surface area (Å²) in [5.41, 5.74) is 2.01. The van der Waals surface area contributed by atoms with E-state index in [1.54, 1.807) is 49.6 Å². The third-order valence-corrected chi connectivity index (χ3v) is 8.63. The lowest BCUT2D eigenvalue weighted by Gasteiger charge is -2.23. The van der Waals surface area contributed by atoms with Crippen molar-refractivity contribution in [2.24, 2.45) is 0 Å². The van der Waals surface area contributed by atoms with Gasteiger partial charge in [0, 0.05) is 11.3 Å². The van der Waals surface area contributed by atoms with Gasteiger partial charge in [-0.3, -0.25) is 14.5 Å². The molecule has 4 aromatic rings. The Bertz CT molecular complexity index is 1600. The SMILES string of the molecule is COc1ccc([C@H]2C(=C(O)c3ccc4c(c3)OCCO4)C(=O)C(=O)N2c2nnc(SCc3ccccc3)s2)cc1. The first-order valence-corrected chi connectivity index (χ1v) is 14.2. The summed E-state index contributed by atoms with van der Waals surface area (Å²) < 4.78 is 17.2. The minimum atomic E-state index is -0.931. The number of aromatic nitrogens is 2. The third kappa shape index (κ3) is 4.89. The van der Waals surface area contributed by atoms with E-state index in [1.807, 2.05) is 30.3 Å². The van der Waals surface area contributed by atoms with Crippen LogP contribution in [0.2, 0.25) is 0 Å². The Hall–Kier alpha value is -4.35. The van der Waals surface area contributed by atoms with E-state index < -0.39 is 17.7 Å². The van der Waals surface area contributed by atoms with Crippen LogP contribution in [0.5, 0.6) is 17.2 Å². The number of ether oxygens (including phenoxy) is 3. The zero-order valence-electron chi connectivity index (χ0n) is 21.3. The predicted molar refractivity (Wildman–Crippen MR) is 151 cm³/mol. The van der Waals surface area contributed by atoms with Crippen molar-refractivity contribution in [1.82, 2.24) is 10.2 Å². The van der Waals surface area contributed by atoms with Crippen molar-refractivity contribution >= 4 is 45.7 Å². The monoisotopic (exact) mass is 573 g/mol. The van der Waals surface area contributed by atoms with E-state index in [4.69, 9.17) is 14.2 Å². The highest BCUT2D eigenvalue weighted by Gasteiger charge is 2.48. The first-order valence-electron chi connectivity index (χ1n) is 12.4. The summed E-state index contributed by atoms with van der Waals surface area (Å²) >= 11 is 2.71. The second-order valence-corrected chi connectivity index (χ2v) is 11.1. The zero-order valence-corrected chi connectivity index (χ0v) is 22.9. The van der Waals surface area contributed by atoms with Gasteiger partial charge in [-0.05, 0) is 41.5 Å². The summed E-state index contributed by atoms with van der Waals surface area (Å²) in [6, 6.07) is 20.9. The number of carbonyl (C=O) groups is 2. The summed E-state index contributed by atoms with van der Waals surface area (Å²) in [5.74, 6) is 0.363. The number of anilines is 1. The highest BCUT2D eigenvalue weighted by Crippen LogP contribution is 2.45. The molecule has 1 N–H and O–H groups in total. The first kappa shape index (κ1) is 25.9. The number of fused-ring (bicyclic) bond motifs is 1. The molecule has 1 amide bonds. The van der Waals surface area contributed by atoms with Gasteiger partial charge in [-0.2, -0.15) is 0 Å². The Kier molecular flexibility index (Phi) is 7.14. The van der Waals surface area contributed by atoms with Crippen LogP contribution >= 0.6 is 23.1 Å². The molecule has 0 radical (unpaired) electrons. The minimum absolute atomic E-state index is 0.0551. The summed E-state index contributed by atoms with van der Waals surface area (Å²) in [6.07, 6.45) is 0. The second-order valence-electron chi connectivity index (χ2n) is 8.93. The van der Waals surface area contributed by atoms with Gasteiger partial charge in [-0.15, -0.1) is 10.2 Å². The number of aliphatic hydroxyl groups is 1. The van der Waals surface area contributed by atoms with Gasteiger partial charge in [-0.1, -0.05) is 65.6 Å². The average molecular weight is 574 g/mol. The Morgan fingerprint density at radius 3 is 2.52 bits per heavy atom. The molecular weight excluding hydrogens is 550 g/mol. The molecular formula is C29H23N3O6S2. The molecule has 3 aromatic carbocycles. The summed E-state index contributed by atoms with van der Waals surface area (Å²) in [4.78, 5) is 28.3. The van der Waals surface area contributed by atoms with Gasteiger partial charge in [0.25, 0.3) is 5.78 Å². The lowest BCUT2D eigenvalue weighted by Crippen LogP contribution is -2.29. The van der Waals surface area contributed by atoms with E-state index in [2.05, 4.69) is 10.2 Å². The largest absolute Gasteiger partial charge is 0.507 e. The quantitative estimate of drug-likeness (QED) is 0.104. The molecule has 202 valence electrons. The Labute approximate surface area is 238 Å². The third-order valence-electron chi connectivity index (χ3n) is 6.50. The molecule has 1 fully saturated rings. The van der Waals surface area contributed by atoms with Crippen molar-refractivity contribution in [1.29, 1.82) is 0 Å². The molecule has 2 aliphatic heterocycles. The first-order chi connectivity index (χ1) is 19.5. The van der Waals surface area contributed by atoms with Crippen LogP contribution < -0.4 is 19.1 Å². The van der Waals surface area contributed by atoms with Gasteiger partial charge in [0.2, 0.25) is 5.13 Å². The number of thioether (sulfide) groups is 1. The summed E-state index contributed by atoms with van der Waals surface area (Å²) in [6.45, 7) is 0.795. The molecule has 40 heavy (non-hydrogen) atoms. The molecule has 0 spiro atoms. The van der Waals surface area contributed by atoms with Gasteiger partial charge in [0.15, 0.2) is 15.8 Å². The fourth-order valence-corrected chi connectivity index (χ4v) is 6.38. The van der Waals surface area contributed by atoms with Crippen LogP contribution in [0.15, 0.2) is 82.7 Å². The molecule has 6 rings (SSSR count). The zero-order chi connectivity index (χ0) is 27.6. The van der Waals surface area contributed by atoms with Crippen molar-refractivity contribution < 1.29 is 28.9 Å². The lowest BCUT2D eigenvalue weighted by atomic mass is 9.95. The average Bonchev–Trinajstić information content (AvgIpc) is 3.57. The molecule has 3 heterocycles. The number of methoxy groups -OCH3 is 1. The van der Waals surface area contributed by atoms with Gasteiger partial charge in [0.05, 0.1) is 18.7 Å². The molecule has 11 heteroatoms. The van der Waals surface area contributed by atoms with E-state index in [9.17, 15) is 14.7 Å². The fourth-order valence-electron chi connectivity index (χ4n) is 4.56. The molecule has 0 bridgehead atoms. The number of amides is 1. The Morgan fingerprint density at radius 2 is 1.77 bits per heavy atom. The van der Waals surface area contributed by atoms with E-state index in [-0.39, 0.29) is 16.5 Å². The maximum atomic E-state index is 13.5. The number of nitrogens with zero attached hydrogens (tertiary/aromatic N) is 3. The topological polar surface area (TPSA) is 111 Å². The molecule has 0 unspecified atom stereocenters. The van der Waals surface area contributed by atoms with Gasteiger partial charge in [0.1, 0.15) is 24.7 Å². The number of benzene rings is 3. The maximum Gasteiger partial charge on any atom is 0.301 e. The minimum Gasteiger partial charge on any atom is -0.507 e. The van der Waals surface area contributed by atoms with Gasteiger partial charge >= 0.3 is 5.91 Å². The van der Waals surface area contributed by atoms with Crippen molar-refractivity contribution in [2.75, 3.05) is 25.2 Å². The van der Waals surface area contributed by atoms with Crippen LogP contribution in [0, 0.1) is 0 Å². The normalized spacial score (nSPS) is 17.7. The smallest absolute Gasteiger partial charge is 0.301 e. The maximum absolute atomic E-state index is 13.5. The molecule has 1 aromatic heterocycles. The number of rotatable bonds is 7. The van der Waals surface area contributed by atoms with Crippen LogP contribution in [0.1, 0.15) is 22.7 Å². The highest BCUT2D eigenvalue weighted by molar-refractivity contribution is 8.00. The van der Waals surface area contributed by atoms with Crippen molar-refractivity contribution in [3.8, 4) is 17.2 Å². The standard InChI is InChI=1S/C29H23N3O6S2/c1-36-20-10-7-18(8-11-20)24-23(25(33)19-9-12-21-22(15-19)38-14-13-37-21)26(34)27(35)32(24)28-30-31-29(40-28)39-16-17-5-3-2-4-6-17/h2-12,15,24,33H,13-14,16H2,1H3/t24-/m0/s1. The second kappa shape index (κ2) is 11.0. The van der Waals surface area contributed by atoms with Crippen LogP contribution in [0.4, 0.5) is 5.13 Å². The van der Waals surface area contributed by atoms with Gasteiger partial charge < -0.3 is 19.3 Å². The lowest BCUT2D eigenvalue weighted by molar-refractivity contribution is -0.132. The number of ketones is 1. The number of carbonyl (C=O) groups excluding carboxylic acids is 2. The summed E-state index contributed by atoms with van der Waals surface area (Å²) in [7, 11) is 1.55. The fraction of sp³-hybridized carbons (Fsp3) is 0.172. The predicted octanol–water partition coefficient (Wildman–Crippen LogP) is 5.24. The van der Waals surface area contributed by atoms with Crippen LogP contribution in [-0.2, 0) is 15.3 Å². The van der Waals surface area contributed by atoms with E-state index in [0.717, 1.165) is 5.56 Å². The van der Waals surface area contributed by atoms with E-state index >= 15 is 0 Å². The number of Topliss-reactive ketones (excluding diaryl/α,β-unsaturated/α-hetero) is 1. The Morgan fingerprint density at radius 1 is 1.02 bits per heavy atom. The number of hydrogen-bond acceptors (Lipinski definition) is 10. The highest BCUT2D eigenvalue weighted by atomic mass is 32.2. The molecule has 1 atom stereocenters. The molecule has 0 aliphatic carbocycles. The van der Waals surface area contributed by atoms with Crippen LogP contribution in [0.25, 0.3) is 5.76 Å². The molecule has 2 aliphatic rings. The summed E-state index contributed by atoms with van der Waals surface area (Å²) in [5, 5.41) is 20.2. The molecule has 0 saturated carbocycles. The van der Waals surface area contributed by atoms with Crippen molar-refractivity contribution in [3.63, 3.8) is 0 Å². The Balaban J connectivity index is 1.40. The van der Waals surface area contributed by atoms with Crippen LogP contribution in [0.3, 0.4) is 0 Å². The van der Waals surface area contributed by atoms with Crippen molar-refractivity contribution in [2.45, 2.75) is 16.1 Å². The molecule has 9 nitrogen and oxygen atoms in total. The van der Waals surface area contributed by atoms with Crippen molar-refractivity contribution in [3.05, 3.63) is 95.1 Å². The van der Waals surface area contributed by atoms with E-state index in [0.29, 0.717) is 51.7 Å². The number of hydrogen-bond donors (Lipinski definition) is 1. The molecule has 1 saturated heterocycles. The van der Waals surface area contributed by atoms with Gasteiger partial charge in [-0.25, -0.2) is 0 Å². The number of aliphatic hydroxyl groups excluding tert-OH is 1.